The zero-order valence-electron chi connectivity index (χ0n) is 13.7. The summed E-state index contributed by atoms with van der Waals surface area (Å²) in [6.07, 6.45) is 7.69. The fourth-order valence-corrected chi connectivity index (χ4v) is 2.44. The van der Waals surface area contributed by atoms with E-state index in [1.807, 2.05) is 13.0 Å². The Morgan fingerprint density at radius 2 is 2.04 bits per heavy atom. The van der Waals surface area contributed by atoms with Crippen molar-refractivity contribution in [3.63, 3.8) is 0 Å². The van der Waals surface area contributed by atoms with Gasteiger partial charge in [-0.05, 0) is 48.9 Å². The first-order valence-electron chi connectivity index (χ1n) is 7.89. The molecule has 1 amide bonds. The third-order valence-electron chi connectivity index (χ3n) is 3.68. The number of pyridine rings is 1. The lowest BCUT2D eigenvalue weighted by Crippen LogP contribution is -2.13. The third kappa shape index (κ3) is 3.98. The first-order valence-corrected chi connectivity index (χ1v) is 7.89. The Morgan fingerprint density at radius 1 is 1.24 bits per heavy atom. The number of hydrogen-bond donors (Lipinski definition) is 2. The molecular weight excluding hydrogens is 319 g/mol. The number of aromatic nitrogens is 1. The van der Waals surface area contributed by atoms with Crippen LogP contribution < -0.4 is 10.6 Å². The molecule has 2 N–H and O–H groups in total. The maximum Gasteiger partial charge on any atom is 0.255 e. The van der Waals surface area contributed by atoms with Gasteiger partial charge in [-0.3, -0.25) is 9.78 Å². The number of hydrogen-bond acceptors (Lipinski definition) is 4. The van der Waals surface area contributed by atoms with Gasteiger partial charge in [0.15, 0.2) is 0 Å². The van der Waals surface area contributed by atoms with Crippen molar-refractivity contribution in [2.24, 2.45) is 4.99 Å². The normalized spacial score (nSPS) is 14.8. The number of halogens is 1. The number of benzene rings is 1. The Labute approximate surface area is 145 Å². The Bertz CT molecular complexity index is 869. The summed E-state index contributed by atoms with van der Waals surface area (Å²) < 4.78 is 13.0. The lowest BCUT2D eigenvalue weighted by molar-refractivity contribution is 0.102. The van der Waals surface area contributed by atoms with Gasteiger partial charge in [0.2, 0.25) is 0 Å². The number of allylic oxidation sites excluding steroid dienone is 2. The molecule has 2 heterocycles. The fourth-order valence-electron chi connectivity index (χ4n) is 2.44. The van der Waals surface area contributed by atoms with Gasteiger partial charge in [0.05, 0.1) is 5.69 Å². The lowest BCUT2D eigenvalue weighted by atomic mass is 10.1. The van der Waals surface area contributed by atoms with Crippen molar-refractivity contribution in [2.45, 2.75) is 13.3 Å². The van der Waals surface area contributed by atoms with Crippen molar-refractivity contribution in [3.8, 4) is 0 Å². The second-order valence-electron chi connectivity index (χ2n) is 5.35. The molecule has 3 rings (SSSR count). The molecule has 25 heavy (non-hydrogen) atoms. The van der Waals surface area contributed by atoms with E-state index in [2.05, 4.69) is 20.6 Å². The van der Waals surface area contributed by atoms with Gasteiger partial charge in [-0.15, -0.1) is 0 Å². The second-order valence-corrected chi connectivity index (χ2v) is 5.35. The molecule has 1 aliphatic heterocycles. The molecule has 0 radical (unpaired) electrons. The number of carbonyl (C=O) groups is 1. The molecule has 1 aliphatic rings. The van der Waals surface area contributed by atoms with Crippen LogP contribution in [0.1, 0.15) is 29.4 Å². The molecule has 0 spiro atoms. The minimum atomic E-state index is -0.378. The lowest BCUT2D eigenvalue weighted by Gasteiger charge is -2.13. The van der Waals surface area contributed by atoms with Crippen LogP contribution in [0, 0.1) is 5.82 Å². The summed E-state index contributed by atoms with van der Waals surface area (Å²) in [6.45, 7) is 2.02. The van der Waals surface area contributed by atoms with Crippen molar-refractivity contribution in [1.29, 1.82) is 0 Å². The van der Waals surface area contributed by atoms with E-state index in [4.69, 9.17) is 0 Å². The number of rotatable bonds is 4. The van der Waals surface area contributed by atoms with Gasteiger partial charge in [-0.2, -0.15) is 0 Å². The summed E-state index contributed by atoms with van der Waals surface area (Å²) in [7, 11) is 0. The molecule has 0 unspecified atom stereocenters. The van der Waals surface area contributed by atoms with E-state index in [1.165, 1.54) is 24.3 Å². The number of amides is 1. The monoisotopic (exact) mass is 336 g/mol. The van der Waals surface area contributed by atoms with Gasteiger partial charge < -0.3 is 10.6 Å². The summed E-state index contributed by atoms with van der Waals surface area (Å²) in [5, 5.41) is 5.90. The van der Waals surface area contributed by atoms with E-state index < -0.39 is 0 Å². The predicted octanol–water partition coefficient (Wildman–Crippen LogP) is 3.74. The van der Waals surface area contributed by atoms with E-state index in [0.717, 1.165) is 23.5 Å². The average Bonchev–Trinajstić information content (AvgIpc) is 2.64. The van der Waals surface area contributed by atoms with Gasteiger partial charge in [-0.1, -0.05) is 6.92 Å². The molecule has 0 atom stereocenters. The quantitative estimate of drug-likeness (QED) is 0.894. The van der Waals surface area contributed by atoms with E-state index in [0.29, 0.717) is 11.3 Å². The number of nitrogens with one attached hydrogen (secondary N) is 2. The molecule has 126 valence electrons. The van der Waals surface area contributed by atoms with Gasteiger partial charge in [0, 0.05) is 35.4 Å². The highest BCUT2D eigenvalue weighted by atomic mass is 19.1. The van der Waals surface area contributed by atoms with E-state index in [9.17, 15) is 9.18 Å². The molecule has 0 saturated heterocycles. The summed E-state index contributed by atoms with van der Waals surface area (Å²) in [6, 6.07) is 8.90. The minimum Gasteiger partial charge on any atom is -0.346 e. The zero-order chi connectivity index (χ0) is 17.6. The highest BCUT2D eigenvalue weighted by molar-refractivity contribution is 6.04. The number of anilines is 1. The molecule has 6 heteroatoms. The highest BCUT2D eigenvalue weighted by Crippen LogP contribution is 2.23. The van der Waals surface area contributed by atoms with Gasteiger partial charge in [0.1, 0.15) is 11.6 Å². The number of aliphatic imine (C=N–C) groups is 1. The molecule has 2 aromatic rings. The molecular formula is C19H17FN4O. The Morgan fingerprint density at radius 3 is 2.72 bits per heavy atom. The van der Waals surface area contributed by atoms with Crippen molar-refractivity contribution in [3.05, 3.63) is 77.8 Å². The van der Waals surface area contributed by atoms with Crippen LogP contribution in [-0.2, 0) is 0 Å². The Hall–Kier alpha value is -3.28. The van der Waals surface area contributed by atoms with Crippen LogP contribution >= 0.6 is 0 Å². The van der Waals surface area contributed by atoms with Crippen LogP contribution in [0.25, 0.3) is 5.57 Å². The van der Waals surface area contributed by atoms with Gasteiger partial charge in [-0.25, -0.2) is 9.38 Å². The Balaban J connectivity index is 1.84. The van der Waals surface area contributed by atoms with E-state index >= 15 is 0 Å². The smallest absolute Gasteiger partial charge is 0.255 e. The topological polar surface area (TPSA) is 66.4 Å². The zero-order valence-corrected chi connectivity index (χ0v) is 13.7. The third-order valence-corrected chi connectivity index (χ3v) is 3.68. The molecule has 1 aromatic heterocycles. The summed E-state index contributed by atoms with van der Waals surface area (Å²) in [5.41, 5.74) is 2.67. The maximum absolute atomic E-state index is 13.0. The van der Waals surface area contributed by atoms with Gasteiger partial charge >= 0.3 is 0 Å². The summed E-state index contributed by atoms with van der Waals surface area (Å²) in [5.74, 6) is 0.0515. The van der Waals surface area contributed by atoms with Crippen LogP contribution in [0.4, 0.5) is 10.1 Å². The first-order chi connectivity index (χ1) is 12.2. The SMILES string of the molecule is CC/C(=C1/N=CC=CN1)c1cc(NC(=O)c2ccc(F)cc2)ccn1. The second kappa shape index (κ2) is 7.53. The van der Waals surface area contributed by atoms with E-state index in [1.54, 1.807) is 30.7 Å². The summed E-state index contributed by atoms with van der Waals surface area (Å²) in [4.78, 5) is 21.0. The van der Waals surface area contributed by atoms with Crippen molar-refractivity contribution >= 4 is 23.4 Å². The van der Waals surface area contributed by atoms with Gasteiger partial charge in [0.25, 0.3) is 5.91 Å². The predicted molar refractivity (Wildman–Crippen MR) is 96.6 cm³/mol. The van der Waals surface area contributed by atoms with Crippen LogP contribution in [-0.4, -0.2) is 17.1 Å². The van der Waals surface area contributed by atoms with Crippen LogP contribution in [0.2, 0.25) is 0 Å². The van der Waals surface area contributed by atoms with E-state index in [-0.39, 0.29) is 11.7 Å². The van der Waals surface area contributed by atoms with Crippen LogP contribution in [0.5, 0.6) is 0 Å². The molecule has 1 aromatic carbocycles. The molecule has 0 fully saturated rings. The van der Waals surface area contributed by atoms with Crippen LogP contribution in [0.3, 0.4) is 0 Å². The van der Waals surface area contributed by atoms with Crippen LogP contribution in [0.15, 0.2) is 65.7 Å². The summed E-state index contributed by atoms with van der Waals surface area (Å²) >= 11 is 0. The standard InChI is InChI=1S/C19H17FN4O/c1-2-16(18-22-9-3-10-23-18)17-12-15(8-11-21-17)24-19(25)13-4-6-14(20)7-5-13/h3-12,22H,2H2,1H3,(H,21,24,25)/b18-16-. The first kappa shape index (κ1) is 16.6. The maximum atomic E-state index is 13.0. The van der Waals surface area contributed by atoms with Crippen molar-refractivity contribution in [1.82, 2.24) is 10.3 Å². The fraction of sp³-hybridized carbons (Fsp3) is 0.105. The molecule has 0 saturated carbocycles. The molecule has 0 bridgehead atoms. The largest absolute Gasteiger partial charge is 0.346 e. The van der Waals surface area contributed by atoms with Crippen molar-refractivity contribution < 1.29 is 9.18 Å². The highest BCUT2D eigenvalue weighted by Gasteiger charge is 2.11. The number of nitrogens with zero attached hydrogens (tertiary/aromatic N) is 2. The Kier molecular flexibility index (Phi) is 4.99. The van der Waals surface area contributed by atoms with Crippen molar-refractivity contribution in [2.75, 3.05) is 5.32 Å². The minimum absolute atomic E-state index is 0.306. The average molecular weight is 336 g/mol. The molecule has 0 aliphatic carbocycles. The number of carbonyl (C=O) groups excluding carboxylic acids is 1. The molecule has 5 nitrogen and oxygen atoms in total.